The van der Waals surface area contributed by atoms with Crippen LogP contribution in [0.2, 0.25) is 0 Å². The van der Waals surface area contributed by atoms with Gasteiger partial charge in [0.25, 0.3) is 5.91 Å². The zero-order chi connectivity index (χ0) is 13.7. The van der Waals surface area contributed by atoms with Crippen LogP contribution in [0.5, 0.6) is 0 Å². The largest absolute Gasteiger partial charge is 0.381 e. The molecular formula is C13H20N4O2. The zero-order valence-corrected chi connectivity index (χ0v) is 11.4. The Labute approximate surface area is 112 Å². The van der Waals surface area contributed by atoms with Gasteiger partial charge in [-0.25, -0.2) is 0 Å². The van der Waals surface area contributed by atoms with E-state index in [2.05, 4.69) is 27.8 Å². The molecule has 2 heterocycles. The van der Waals surface area contributed by atoms with Crippen LogP contribution in [-0.2, 0) is 4.74 Å². The Morgan fingerprint density at radius 1 is 1.37 bits per heavy atom. The standard InChI is InChI=1S/C13H20N4O2/c1-13(5-7-19-8-6-13)9-15-11-4-3-10(16-17-11)12(18)14-2/h3-4H,5-9H2,1-2H3,(H,14,18)(H,15,17). The molecule has 6 heteroatoms. The van der Waals surface area contributed by atoms with Gasteiger partial charge in [0, 0.05) is 26.8 Å². The summed E-state index contributed by atoms with van der Waals surface area (Å²) in [5, 5.41) is 13.7. The predicted octanol–water partition coefficient (Wildman–Crippen LogP) is 1.06. The molecule has 0 aromatic carbocycles. The number of hydrogen-bond acceptors (Lipinski definition) is 5. The van der Waals surface area contributed by atoms with Gasteiger partial charge < -0.3 is 15.4 Å². The summed E-state index contributed by atoms with van der Waals surface area (Å²) in [6.07, 6.45) is 2.09. The van der Waals surface area contributed by atoms with Crippen molar-refractivity contribution in [2.45, 2.75) is 19.8 Å². The lowest BCUT2D eigenvalue weighted by Crippen LogP contribution is -2.33. The van der Waals surface area contributed by atoms with E-state index in [1.807, 2.05) is 0 Å². The van der Waals surface area contributed by atoms with Gasteiger partial charge in [-0.05, 0) is 30.4 Å². The van der Waals surface area contributed by atoms with Crippen LogP contribution in [0.15, 0.2) is 12.1 Å². The third-order valence-corrected chi connectivity index (χ3v) is 3.52. The van der Waals surface area contributed by atoms with Gasteiger partial charge in [-0.1, -0.05) is 6.92 Å². The molecular weight excluding hydrogens is 244 g/mol. The molecule has 2 rings (SSSR count). The number of nitrogens with zero attached hydrogens (tertiary/aromatic N) is 2. The minimum atomic E-state index is -0.226. The SMILES string of the molecule is CNC(=O)c1ccc(NCC2(C)CCOCC2)nn1. The van der Waals surface area contributed by atoms with Crippen molar-refractivity contribution in [3.8, 4) is 0 Å². The molecule has 1 amide bonds. The highest BCUT2D eigenvalue weighted by atomic mass is 16.5. The van der Waals surface area contributed by atoms with E-state index >= 15 is 0 Å². The van der Waals surface area contributed by atoms with Crippen LogP contribution >= 0.6 is 0 Å². The number of carbonyl (C=O) groups is 1. The van der Waals surface area contributed by atoms with Crippen LogP contribution in [-0.4, -0.2) is 42.9 Å². The van der Waals surface area contributed by atoms with Gasteiger partial charge in [-0.3, -0.25) is 4.79 Å². The van der Waals surface area contributed by atoms with Crippen LogP contribution in [0.25, 0.3) is 0 Å². The Morgan fingerprint density at radius 3 is 2.68 bits per heavy atom. The van der Waals surface area contributed by atoms with E-state index in [4.69, 9.17) is 4.74 Å². The molecule has 19 heavy (non-hydrogen) atoms. The molecule has 0 aliphatic carbocycles. The maximum absolute atomic E-state index is 11.3. The molecule has 1 aromatic rings. The fourth-order valence-electron chi connectivity index (χ4n) is 2.02. The Hall–Kier alpha value is -1.69. The van der Waals surface area contributed by atoms with Crippen LogP contribution in [0, 0.1) is 5.41 Å². The molecule has 1 aliphatic heterocycles. The number of amides is 1. The smallest absolute Gasteiger partial charge is 0.271 e. The first-order valence-electron chi connectivity index (χ1n) is 6.50. The summed E-state index contributed by atoms with van der Waals surface area (Å²) >= 11 is 0. The van der Waals surface area contributed by atoms with Crippen LogP contribution < -0.4 is 10.6 Å². The van der Waals surface area contributed by atoms with Crippen molar-refractivity contribution in [2.24, 2.45) is 5.41 Å². The van der Waals surface area contributed by atoms with Crippen molar-refractivity contribution in [2.75, 3.05) is 32.1 Å². The van der Waals surface area contributed by atoms with Gasteiger partial charge in [0.1, 0.15) is 5.82 Å². The highest BCUT2D eigenvalue weighted by molar-refractivity contribution is 5.91. The maximum atomic E-state index is 11.3. The third kappa shape index (κ3) is 3.64. The second-order valence-electron chi connectivity index (χ2n) is 5.16. The molecule has 6 nitrogen and oxygen atoms in total. The number of hydrogen-bond donors (Lipinski definition) is 2. The molecule has 104 valence electrons. The molecule has 0 atom stereocenters. The van der Waals surface area contributed by atoms with Gasteiger partial charge in [-0.2, -0.15) is 0 Å². The summed E-state index contributed by atoms with van der Waals surface area (Å²) in [6.45, 7) is 4.72. The predicted molar refractivity (Wildman–Crippen MR) is 72.1 cm³/mol. The van der Waals surface area contributed by atoms with E-state index in [1.54, 1.807) is 19.2 Å². The summed E-state index contributed by atoms with van der Waals surface area (Å²) in [6, 6.07) is 3.45. The van der Waals surface area contributed by atoms with Crippen LogP contribution in [0.3, 0.4) is 0 Å². The quantitative estimate of drug-likeness (QED) is 0.850. The molecule has 0 saturated carbocycles. The summed E-state index contributed by atoms with van der Waals surface area (Å²) in [5.41, 5.74) is 0.560. The monoisotopic (exact) mass is 264 g/mol. The van der Waals surface area contributed by atoms with E-state index < -0.39 is 0 Å². The first-order chi connectivity index (χ1) is 9.13. The lowest BCUT2D eigenvalue weighted by Gasteiger charge is -2.33. The molecule has 1 fully saturated rings. The highest BCUT2D eigenvalue weighted by Gasteiger charge is 2.27. The van der Waals surface area contributed by atoms with Crippen LogP contribution in [0.1, 0.15) is 30.3 Å². The maximum Gasteiger partial charge on any atom is 0.271 e. The normalized spacial score (nSPS) is 17.8. The minimum absolute atomic E-state index is 0.226. The summed E-state index contributed by atoms with van der Waals surface area (Å²) in [4.78, 5) is 11.3. The third-order valence-electron chi connectivity index (χ3n) is 3.52. The zero-order valence-electron chi connectivity index (χ0n) is 11.4. The van der Waals surface area contributed by atoms with Gasteiger partial charge in [-0.15, -0.1) is 10.2 Å². The van der Waals surface area contributed by atoms with E-state index in [0.717, 1.165) is 32.6 Å². The van der Waals surface area contributed by atoms with Gasteiger partial charge in [0.15, 0.2) is 5.69 Å². The molecule has 0 spiro atoms. The van der Waals surface area contributed by atoms with Gasteiger partial charge >= 0.3 is 0 Å². The average Bonchev–Trinajstić information content (AvgIpc) is 2.46. The fourth-order valence-corrected chi connectivity index (χ4v) is 2.02. The van der Waals surface area contributed by atoms with E-state index in [-0.39, 0.29) is 11.3 Å². The Balaban J connectivity index is 1.91. The Kier molecular flexibility index (Phi) is 4.31. The first kappa shape index (κ1) is 13.7. The fraction of sp³-hybridized carbons (Fsp3) is 0.615. The molecule has 1 saturated heterocycles. The summed E-state index contributed by atoms with van der Waals surface area (Å²) in [5.74, 6) is 0.468. The lowest BCUT2D eigenvalue weighted by atomic mass is 9.82. The number of aromatic nitrogens is 2. The van der Waals surface area contributed by atoms with Gasteiger partial charge in [0.05, 0.1) is 0 Å². The van der Waals surface area contributed by atoms with E-state index in [1.165, 1.54) is 0 Å². The average molecular weight is 264 g/mol. The molecule has 1 aliphatic rings. The number of rotatable bonds is 4. The number of nitrogens with one attached hydrogen (secondary N) is 2. The van der Waals surface area contributed by atoms with Crippen molar-refractivity contribution in [1.82, 2.24) is 15.5 Å². The number of ether oxygens (including phenoxy) is 1. The number of anilines is 1. The van der Waals surface area contributed by atoms with Crippen molar-refractivity contribution in [3.05, 3.63) is 17.8 Å². The lowest BCUT2D eigenvalue weighted by molar-refractivity contribution is 0.0299. The molecule has 0 radical (unpaired) electrons. The second-order valence-corrected chi connectivity index (χ2v) is 5.16. The van der Waals surface area contributed by atoms with Gasteiger partial charge in [0.2, 0.25) is 0 Å². The second kappa shape index (κ2) is 5.97. The molecule has 1 aromatic heterocycles. The minimum Gasteiger partial charge on any atom is -0.381 e. The first-order valence-corrected chi connectivity index (χ1v) is 6.50. The molecule has 0 unspecified atom stereocenters. The summed E-state index contributed by atoms with van der Waals surface area (Å²) < 4.78 is 5.37. The van der Waals surface area contributed by atoms with Crippen molar-refractivity contribution in [3.63, 3.8) is 0 Å². The Morgan fingerprint density at radius 2 is 2.11 bits per heavy atom. The summed E-state index contributed by atoms with van der Waals surface area (Å²) in [7, 11) is 1.57. The molecule has 2 N–H and O–H groups in total. The topological polar surface area (TPSA) is 76.1 Å². The highest BCUT2D eigenvalue weighted by Crippen LogP contribution is 2.29. The van der Waals surface area contributed by atoms with E-state index in [9.17, 15) is 4.79 Å². The van der Waals surface area contributed by atoms with Crippen molar-refractivity contribution < 1.29 is 9.53 Å². The van der Waals surface area contributed by atoms with Crippen molar-refractivity contribution in [1.29, 1.82) is 0 Å². The van der Waals surface area contributed by atoms with E-state index in [0.29, 0.717) is 11.5 Å². The van der Waals surface area contributed by atoms with Crippen LogP contribution in [0.4, 0.5) is 5.82 Å². The Bertz CT molecular complexity index is 427. The number of carbonyl (C=O) groups excluding carboxylic acids is 1. The molecule has 0 bridgehead atoms. The van der Waals surface area contributed by atoms with Crippen molar-refractivity contribution >= 4 is 11.7 Å².